The van der Waals surface area contributed by atoms with Crippen LogP contribution in [0, 0.1) is 11.6 Å². The summed E-state index contributed by atoms with van der Waals surface area (Å²) >= 11 is 0. The first-order valence-electron chi connectivity index (χ1n) is 7.66. The Labute approximate surface area is 144 Å². The van der Waals surface area contributed by atoms with Crippen molar-refractivity contribution < 1.29 is 22.7 Å². The lowest BCUT2D eigenvalue weighted by Crippen LogP contribution is -2.46. The van der Waals surface area contributed by atoms with E-state index in [0.717, 1.165) is 18.2 Å². The summed E-state index contributed by atoms with van der Waals surface area (Å²) in [4.78, 5) is 13.8. The average Bonchev–Trinajstić information content (AvgIpc) is 2.58. The van der Waals surface area contributed by atoms with Crippen LogP contribution in [0.15, 0.2) is 42.5 Å². The summed E-state index contributed by atoms with van der Waals surface area (Å²) in [7, 11) is 1.51. The molecule has 1 unspecified atom stereocenters. The van der Waals surface area contributed by atoms with Crippen molar-refractivity contribution in [3.05, 3.63) is 59.7 Å². The summed E-state index contributed by atoms with van der Waals surface area (Å²) in [6, 6.07) is 8.41. The number of methoxy groups -OCH3 is 1. The third-order valence-electron chi connectivity index (χ3n) is 3.65. The highest BCUT2D eigenvalue weighted by molar-refractivity contribution is 5.97. The molecule has 2 N–H and O–H groups in total. The molecule has 0 bridgehead atoms. The minimum Gasteiger partial charge on any atom is -0.497 e. The summed E-state index contributed by atoms with van der Waals surface area (Å²) in [6.45, 7) is -0.921. The third-order valence-corrected chi connectivity index (χ3v) is 3.65. The molecule has 7 heteroatoms. The molecule has 0 aromatic heterocycles. The van der Waals surface area contributed by atoms with Crippen molar-refractivity contribution >= 4 is 11.6 Å². The number of hydrogen-bond donors (Lipinski definition) is 1. The first-order valence-corrected chi connectivity index (χ1v) is 7.66. The van der Waals surface area contributed by atoms with Gasteiger partial charge < -0.3 is 15.4 Å². The Morgan fingerprint density at radius 1 is 1.16 bits per heavy atom. The predicted octanol–water partition coefficient (Wildman–Crippen LogP) is 2.85. The molecule has 0 aliphatic carbocycles. The van der Waals surface area contributed by atoms with Crippen LogP contribution in [0.2, 0.25) is 0 Å². The van der Waals surface area contributed by atoms with E-state index in [2.05, 4.69) is 0 Å². The van der Waals surface area contributed by atoms with Crippen molar-refractivity contribution in [2.75, 3.05) is 25.2 Å². The van der Waals surface area contributed by atoms with Gasteiger partial charge in [-0.15, -0.1) is 0 Å². The van der Waals surface area contributed by atoms with Gasteiger partial charge in [0.05, 0.1) is 19.7 Å². The van der Waals surface area contributed by atoms with Crippen molar-refractivity contribution in [1.29, 1.82) is 0 Å². The molecule has 1 amide bonds. The Hall–Kier alpha value is -2.54. The molecule has 0 aliphatic heterocycles. The maximum atomic E-state index is 13.3. The zero-order valence-corrected chi connectivity index (χ0v) is 13.7. The fraction of sp³-hybridized carbons (Fsp3) is 0.278. The molecular formula is C18H19F3N2O2. The molecule has 0 heterocycles. The van der Waals surface area contributed by atoms with Crippen LogP contribution in [0.3, 0.4) is 0 Å². The second-order valence-corrected chi connectivity index (χ2v) is 5.47. The summed E-state index contributed by atoms with van der Waals surface area (Å²) in [5, 5.41) is 0. The molecule has 2 rings (SSSR count). The number of nitrogens with zero attached hydrogens (tertiary/aromatic N) is 1. The SMILES string of the molecule is COc1ccc(N(CCF)C(=O)C(N)Cc2cc(F)cc(F)c2)cc1. The van der Waals surface area contributed by atoms with Gasteiger partial charge in [-0.25, -0.2) is 13.2 Å². The van der Waals surface area contributed by atoms with Crippen molar-refractivity contribution in [3.8, 4) is 5.75 Å². The van der Waals surface area contributed by atoms with Gasteiger partial charge >= 0.3 is 0 Å². The zero-order chi connectivity index (χ0) is 18.4. The number of nitrogens with two attached hydrogens (primary N) is 1. The molecule has 2 aromatic carbocycles. The van der Waals surface area contributed by atoms with Gasteiger partial charge in [-0.2, -0.15) is 0 Å². The number of hydrogen-bond acceptors (Lipinski definition) is 3. The first kappa shape index (κ1) is 18.8. The van der Waals surface area contributed by atoms with Crippen LogP contribution in [-0.2, 0) is 11.2 Å². The van der Waals surface area contributed by atoms with Crippen LogP contribution in [0.4, 0.5) is 18.9 Å². The van der Waals surface area contributed by atoms with Gasteiger partial charge in [0.2, 0.25) is 5.91 Å². The highest BCUT2D eigenvalue weighted by atomic mass is 19.1. The quantitative estimate of drug-likeness (QED) is 0.834. The number of alkyl halides is 1. The largest absolute Gasteiger partial charge is 0.497 e. The van der Waals surface area contributed by atoms with Gasteiger partial charge in [0.1, 0.15) is 24.1 Å². The number of ether oxygens (including phenoxy) is 1. The minimum absolute atomic E-state index is 0.0630. The van der Waals surface area contributed by atoms with E-state index in [4.69, 9.17) is 10.5 Å². The van der Waals surface area contributed by atoms with E-state index in [-0.39, 0.29) is 18.5 Å². The number of halogens is 3. The molecule has 1 atom stereocenters. The van der Waals surface area contributed by atoms with Gasteiger partial charge in [0.25, 0.3) is 0 Å². The standard InChI is InChI=1S/C18H19F3N2O2/c1-25-16-4-2-15(3-5-16)23(7-6-19)18(24)17(22)10-12-8-13(20)11-14(21)9-12/h2-5,8-9,11,17H,6-7,10,22H2,1H3. The molecule has 134 valence electrons. The van der Waals surface area contributed by atoms with E-state index >= 15 is 0 Å². The van der Waals surface area contributed by atoms with E-state index in [0.29, 0.717) is 11.4 Å². The van der Waals surface area contributed by atoms with Crippen molar-refractivity contribution in [2.45, 2.75) is 12.5 Å². The summed E-state index contributed by atoms with van der Waals surface area (Å²) in [5.74, 6) is -1.43. The summed E-state index contributed by atoms with van der Waals surface area (Å²) in [6.07, 6.45) is -0.0630. The van der Waals surface area contributed by atoms with Crippen molar-refractivity contribution in [3.63, 3.8) is 0 Å². The lowest BCUT2D eigenvalue weighted by molar-refractivity contribution is -0.119. The van der Waals surface area contributed by atoms with Crippen LogP contribution in [-0.4, -0.2) is 32.3 Å². The smallest absolute Gasteiger partial charge is 0.244 e. The van der Waals surface area contributed by atoms with Gasteiger partial charge in [-0.05, 0) is 48.4 Å². The minimum atomic E-state index is -1.06. The first-order chi connectivity index (χ1) is 11.9. The van der Waals surface area contributed by atoms with Crippen molar-refractivity contribution in [1.82, 2.24) is 0 Å². The van der Waals surface area contributed by atoms with Gasteiger partial charge in [-0.3, -0.25) is 4.79 Å². The molecular weight excluding hydrogens is 333 g/mol. The van der Waals surface area contributed by atoms with Crippen LogP contribution >= 0.6 is 0 Å². The number of amides is 1. The zero-order valence-electron chi connectivity index (χ0n) is 13.7. The normalized spacial score (nSPS) is 11.9. The fourth-order valence-corrected chi connectivity index (χ4v) is 2.48. The average molecular weight is 352 g/mol. The number of benzene rings is 2. The molecule has 0 radical (unpaired) electrons. The number of rotatable bonds is 7. The molecule has 0 saturated carbocycles. The second-order valence-electron chi connectivity index (χ2n) is 5.47. The van der Waals surface area contributed by atoms with Crippen LogP contribution < -0.4 is 15.4 Å². The van der Waals surface area contributed by atoms with Gasteiger partial charge in [0, 0.05) is 11.8 Å². The molecule has 4 nitrogen and oxygen atoms in total. The van der Waals surface area contributed by atoms with Crippen molar-refractivity contribution in [2.24, 2.45) is 5.73 Å². The summed E-state index contributed by atoms with van der Waals surface area (Å²) < 4.78 is 44.4. The Morgan fingerprint density at radius 3 is 2.28 bits per heavy atom. The third kappa shape index (κ3) is 4.96. The topological polar surface area (TPSA) is 55.6 Å². The van der Waals surface area contributed by atoms with E-state index in [1.807, 2.05) is 0 Å². The van der Waals surface area contributed by atoms with Crippen LogP contribution in [0.1, 0.15) is 5.56 Å². The Balaban J connectivity index is 2.17. The highest BCUT2D eigenvalue weighted by Crippen LogP contribution is 2.20. The van der Waals surface area contributed by atoms with Gasteiger partial charge in [-0.1, -0.05) is 0 Å². The lowest BCUT2D eigenvalue weighted by Gasteiger charge is -2.25. The Kier molecular flexibility index (Phi) is 6.41. The molecule has 0 fully saturated rings. The maximum Gasteiger partial charge on any atom is 0.244 e. The molecule has 0 saturated heterocycles. The van der Waals surface area contributed by atoms with E-state index < -0.39 is 30.3 Å². The summed E-state index contributed by atoms with van der Waals surface area (Å²) in [5.41, 5.74) is 6.61. The van der Waals surface area contributed by atoms with Gasteiger partial charge in [0.15, 0.2) is 0 Å². The van der Waals surface area contributed by atoms with E-state index in [1.165, 1.54) is 12.0 Å². The fourth-order valence-electron chi connectivity index (χ4n) is 2.48. The molecule has 2 aromatic rings. The Morgan fingerprint density at radius 2 is 1.76 bits per heavy atom. The molecule has 0 aliphatic rings. The lowest BCUT2D eigenvalue weighted by atomic mass is 10.0. The number of carbonyl (C=O) groups excluding carboxylic acids is 1. The molecule has 25 heavy (non-hydrogen) atoms. The monoisotopic (exact) mass is 352 g/mol. The highest BCUT2D eigenvalue weighted by Gasteiger charge is 2.23. The van der Waals surface area contributed by atoms with E-state index in [1.54, 1.807) is 24.3 Å². The molecule has 0 spiro atoms. The number of carbonyl (C=O) groups is 1. The van der Waals surface area contributed by atoms with E-state index in [9.17, 15) is 18.0 Å². The Bertz CT molecular complexity index is 703. The second kappa shape index (κ2) is 8.53. The van der Waals surface area contributed by atoms with Crippen LogP contribution in [0.5, 0.6) is 5.75 Å². The predicted molar refractivity (Wildman–Crippen MR) is 89.4 cm³/mol. The van der Waals surface area contributed by atoms with Crippen LogP contribution in [0.25, 0.3) is 0 Å². The maximum absolute atomic E-state index is 13.3. The number of anilines is 1.